The van der Waals surface area contributed by atoms with Crippen LogP contribution in [-0.2, 0) is 10.0 Å². The monoisotopic (exact) mass is 438 g/mol. The topological polar surface area (TPSA) is 75.7 Å². The van der Waals surface area contributed by atoms with Crippen LogP contribution in [0, 0.1) is 0 Å². The van der Waals surface area contributed by atoms with Gasteiger partial charge in [0.25, 0.3) is 15.9 Å². The summed E-state index contributed by atoms with van der Waals surface area (Å²) in [4.78, 5) is 12.7. The molecular formula is C24H26N2O4S. The molecule has 1 amide bonds. The van der Waals surface area contributed by atoms with E-state index in [2.05, 4.69) is 5.32 Å². The molecule has 0 heterocycles. The second kappa shape index (κ2) is 9.66. The number of nitrogens with one attached hydrogen (secondary N) is 1. The lowest BCUT2D eigenvalue weighted by atomic mass is 10.0. The van der Waals surface area contributed by atoms with Crippen molar-refractivity contribution in [3.63, 3.8) is 0 Å². The van der Waals surface area contributed by atoms with Crippen molar-refractivity contribution in [1.29, 1.82) is 0 Å². The van der Waals surface area contributed by atoms with Gasteiger partial charge in [-0.1, -0.05) is 43.3 Å². The van der Waals surface area contributed by atoms with E-state index >= 15 is 0 Å². The van der Waals surface area contributed by atoms with Crippen molar-refractivity contribution in [2.45, 2.75) is 17.7 Å². The van der Waals surface area contributed by atoms with Crippen molar-refractivity contribution >= 4 is 21.6 Å². The lowest BCUT2D eigenvalue weighted by Crippen LogP contribution is -2.29. The lowest BCUT2D eigenvalue weighted by Gasteiger charge is -2.20. The highest BCUT2D eigenvalue weighted by atomic mass is 32.2. The number of carbonyl (C=O) groups excluding carboxylic acids is 1. The fraction of sp³-hybridized carbons (Fsp3) is 0.208. The fourth-order valence-corrected chi connectivity index (χ4v) is 4.38. The number of ether oxygens (including phenoxy) is 1. The highest BCUT2D eigenvalue weighted by molar-refractivity contribution is 7.92. The summed E-state index contributed by atoms with van der Waals surface area (Å²) in [6, 6.07) is 22.7. The molecule has 0 bridgehead atoms. The van der Waals surface area contributed by atoms with Gasteiger partial charge in [-0.3, -0.25) is 9.10 Å². The zero-order valence-electron chi connectivity index (χ0n) is 17.8. The first-order valence-electron chi connectivity index (χ1n) is 9.89. The average Bonchev–Trinajstić information content (AvgIpc) is 2.82. The van der Waals surface area contributed by atoms with Crippen LogP contribution >= 0.6 is 0 Å². The number of hydrogen-bond acceptors (Lipinski definition) is 4. The Morgan fingerprint density at radius 2 is 1.68 bits per heavy atom. The summed E-state index contributed by atoms with van der Waals surface area (Å²) in [5.74, 6) is 0.461. The van der Waals surface area contributed by atoms with Gasteiger partial charge in [0.1, 0.15) is 5.75 Å². The Balaban J connectivity index is 1.74. The van der Waals surface area contributed by atoms with Crippen LogP contribution < -0.4 is 14.4 Å². The highest BCUT2D eigenvalue weighted by Gasteiger charge is 2.22. The van der Waals surface area contributed by atoms with Gasteiger partial charge in [-0.05, 0) is 53.9 Å². The largest absolute Gasteiger partial charge is 0.497 e. The number of methoxy groups -OCH3 is 1. The molecule has 0 spiro atoms. The van der Waals surface area contributed by atoms with Crippen molar-refractivity contribution in [3.8, 4) is 5.75 Å². The van der Waals surface area contributed by atoms with E-state index in [0.29, 0.717) is 23.5 Å². The Labute approximate surface area is 183 Å². The Morgan fingerprint density at radius 1 is 1.00 bits per heavy atom. The first-order valence-corrected chi connectivity index (χ1v) is 11.3. The maximum Gasteiger partial charge on any atom is 0.264 e. The summed E-state index contributed by atoms with van der Waals surface area (Å²) in [5.41, 5.74) is 1.91. The van der Waals surface area contributed by atoms with Crippen molar-refractivity contribution < 1.29 is 17.9 Å². The lowest BCUT2D eigenvalue weighted by molar-refractivity contribution is 0.0951. The van der Waals surface area contributed by atoms with Gasteiger partial charge in [0.2, 0.25) is 0 Å². The van der Waals surface area contributed by atoms with Crippen molar-refractivity contribution in [2.24, 2.45) is 0 Å². The second-order valence-corrected chi connectivity index (χ2v) is 9.19. The number of amides is 1. The molecule has 3 aromatic rings. The van der Waals surface area contributed by atoms with Gasteiger partial charge in [-0.25, -0.2) is 8.42 Å². The van der Waals surface area contributed by atoms with Gasteiger partial charge in [0, 0.05) is 19.2 Å². The van der Waals surface area contributed by atoms with Crippen LogP contribution in [0.15, 0.2) is 83.8 Å². The number of nitrogens with zero attached hydrogens (tertiary/aromatic N) is 1. The Morgan fingerprint density at radius 3 is 2.32 bits per heavy atom. The van der Waals surface area contributed by atoms with Gasteiger partial charge in [0.05, 0.1) is 17.7 Å². The summed E-state index contributed by atoms with van der Waals surface area (Å²) in [6.45, 7) is 2.48. The van der Waals surface area contributed by atoms with Crippen LogP contribution in [0.3, 0.4) is 0 Å². The van der Waals surface area contributed by atoms with Gasteiger partial charge >= 0.3 is 0 Å². The maximum absolute atomic E-state index is 13.1. The third-order valence-corrected chi connectivity index (χ3v) is 6.91. The molecule has 3 rings (SSSR count). The Hall–Kier alpha value is -3.32. The molecule has 0 aromatic heterocycles. The van der Waals surface area contributed by atoms with E-state index in [1.165, 1.54) is 23.5 Å². The van der Waals surface area contributed by atoms with E-state index in [1.54, 1.807) is 43.5 Å². The van der Waals surface area contributed by atoms with Gasteiger partial charge in [0.15, 0.2) is 0 Å². The predicted molar refractivity (Wildman–Crippen MR) is 122 cm³/mol. The molecule has 1 N–H and O–H groups in total. The molecular weight excluding hydrogens is 412 g/mol. The quantitative estimate of drug-likeness (QED) is 0.576. The molecule has 0 aliphatic carbocycles. The summed E-state index contributed by atoms with van der Waals surface area (Å²) < 4.78 is 32.5. The van der Waals surface area contributed by atoms with E-state index < -0.39 is 10.0 Å². The number of rotatable bonds is 8. The van der Waals surface area contributed by atoms with Crippen molar-refractivity contribution in [2.75, 3.05) is 25.0 Å². The predicted octanol–water partition coefficient (Wildman–Crippen LogP) is 4.05. The van der Waals surface area contributed by atoms with Crippen LogP contribution in [0.25, 0.3) is 0 Å². The minimum absolute atomic E-state index is 0.0505. The molecule has 6 nitrogen and oxygen atoms in total. The molecule has 7 heteroatoms. The number of hydrogen-bond donors (Lipinski definition) is 1. The minimum atomic E-state index is -3.83. The molecule has 0 aliphatic heterocycles. The summed E-state index contributed by atoms with van der Waals surface area (Å²) in [7, 11) is -0.804. The van der Waals surface area contributed by atoms with E-state index in [1.807, 2.05) is 37.3 Å². The molecule has 31 heavy (non-hydrogen) atoms. The molecule has 0 radical (unpaired) electrons. The SMILES string of the molecule is COc1ccc(N(C)S(=O)(=O)c2cccc(C(=O)NCC(C)c3ccccc3)c2)cc1. The fourth-order valence-electron chi connectivity index (χ4n) is 3.13. The van der Waals surface area contributed by atoms with Crippen molar-refractivity contribution in [1.82, 2.24) is 5.32 Å². The van der Waals surface area contributed by atoms with Crippen LogP contribution in [0.1, 0.15) is 28.8 Å². The van der Waals surface area contributed by atoms with Crippen LogP contribution in [-0.4, -0.2) is 35.0 Å². The third-order valence-electron chi connectivity index (χ3n) is 5.13. The van der Waals surface area contributed by atoms with Gasteiger partial charge in [-0.15, -0.1) is 0 Å². The zero-order valence-corrected chi connectivity index (χ0v) is 18.6. The standard InChI is InChI=1S/C24H26N2O4S/c1-18(19-8-5-4-6-9-19)17-25-24(27)20-10-7-11-23(16-20)31(28,29)26(2)21-12-14-22(30-3)15-13-21/h4-16,18H,17H2,1-3H3,(H,25,27). The zero-order chi connectivity index (χ0) is 22.4. The summed E-state index contributed by atoms with van der Waals surface area (Å²) in [5, 5.41) is 2.89. The molecule has 0 saturated carbocycles. The molecule has 1 atom stereocenters. The van der Waals surface area contributed by atoms with E-state index in [9.17, 15) is 13.2 Å². The first kappa shape index (κ1) is 22.4. The van der Waals surface area contributed by atoms with Gasteiger partial charge < -0.3 is 10.1 Å². The minimum Gasteiger partial charge on any atom is -0.497 e. The number of benzene rings is 3. The van der Waals surface area contributed by atoms with Crippen LogP contribution in [0.4, 0.5) is 5.69 Å². The van der Waals surface area contributed by atoms with Gasteiger partial charge in [-0.2, -0.15) is 0 Å². The third kappa shape index (κ3) is 5.24. The van der Waals surface area contributed by atoms with Crippen LogP contribution in [0.2, 0.25) is 0 Å². The average molecular weight is 439 g/mol. The smallest absolute Gasteiger partial charge is 0.264 e. The molecule has 0 aliphatic rings. The second-order valence-electron chi connectivity index (χ2n) is 7.22. The molecule has 162 valence electrons. The normalized spacial score (nSPS) is 12.1. The molecule has 0 saturated heterocycles. The van der Waals surface area contributed by atoms with Crippen molar-refractivity contribution in [3.05, 3.63) is 90.0 Å². The summed E-state index contributed by atoms with van der Waals surface area (Å²) in [6.07, 6.45) is 0. The van der Waals surface area contributed by atoms with E-state index in [4.69, 9.17) is 4.74 Å². The molecule has 3 aromatic carbocycles. The molecule has 0 fully saturated rings. The summed E-state index contributed by atoms with van der Waals surface area (Å²) >= 11 is 0. The number of carbonyl (C=O) groups is 1. The highest BCUT2D eigenvalue weighted by Crippen LogP contribution is 2.25. The Bertz CT molecular complexity index is 1130. The first-order chi connectivity index (χ1) is 14.8. The number of sulfonamides is 1. The van der Waals surface area contributed by atoms with Crippen LogP contribution in [0.5, 0.6) is 5.75 Å². The Kier molecular flexibility index (Phi) is 6.97. The maximum atomic E-state index is 13.1. The van der Waals surface area contributed by atoms with E-state index in [0.717, 1.165) is 5.56 Å². The van der Waals surface area contributed by atoms with E-state index in [-0.39, 0.29) is 16.7 Å². The molecule has 1 unspecified atom stereocenters. The number of anilines is 1.